The summed E-state index contributed by atoms with van der Waals surface area (Å²) in [5, 5.41) is 19.6. The third kappa shape index (κ3) is 12.8. The number of phenols is 2. The summed E-state index contributed by atoms with van der Waals surface area (Å²) in [5.74, 6) is 0.0544. The Hall–Kier alpha value is -1.22. The summed E-state index contributed by atoms with van der Waals surface area (Å²) < 4.78 is 0. The zero-order valence-electron chi connectivity index (χ0n) is 19.3. The lowest BCUT2D eigenvalue weighted by molar-refractivity contribution is 0.255. The van der Waals surface area contributed by atoms with Gasteiger partial charge in [0.05, 0.1) is 0 Å². The van der Waals surface area contributed by atoms with Crippen LogP contribution in [-0.4, -0.2) is 34.7 Å². The second-order valence-corrected chi connectivity index (χ2v) is 8.62. The minimum absolute atomic E-state index is 0.00438. The van der Waals surface area contributed by atoms with E-state index >= 15 is 0 Å². The lowest BCUT2D eigenvalue weighted by atomic mass is 10.1. The fraction of sp³-hybridized carbons (Fsp3) is 0.769. The number of nitrogens with zero attached hydrogens (tertiary/aromatic N) is 1. The Morgan fingerprint density at radius 1 is 0.621 bits per heavy atom. The topological polar surface area (TPSA) is 43.7 Å². The molecule has 2 N–H and O–H groups in total. The number of unbranched alkanes of at least 4 members (excludes halogenated alkanes) is 11. The molecular formula is C26H47NO2. The molecule has 29 heavy (non-hydrogen) atoms. The Bertz CT molecular complexity index is 487. The number of benzene rings is 1. The maximum Gasteiger partial charge on any atom is 0.160 e. The first kappa shape index (κ1) is 25.8. The van der Waals surface area contributed by atoms with Crippen molar-refractivity contribution in [3.63, 3.8) is 0 Å². The third-order valence-electron chi connectivity index (χ3n) is 5.92. The van der Waals surface area contributed by atoms with Crippen molar-refractivity contribution in [1.29, 1.82) is 0 Å². The van der Waals surface area contributed by atoms with Gasteiger partial charge < -0.3 is 15.1 Å². The van der Waals surface area contributed by atoms with Crippen molar-refractivity contribution in [1.82, 2.24) is 4.90 Å². The SMILES string of the molecule is CCCCCCCCN(CCCCCCCC)CCCCc1cccc(O)c1O. The number of hydrogen-bond donors (Lipinski definition) is 2. The van der Waals surface area contributed by atoms with Gasteiger partial charge in [0.15, 0.2) is 11.5 Å². The van der Waals surface area contributed by atoms with Crippen LogP contribution in [0.2, 0.25) is 0 Å². The molecule has 0 aliphatic heterocycles. The molecule has 0 heterocycles. The highest BCUT2D eigenvalue weighted by Crippen LogP contribution is 2.29. The summed E-state index contributed by atoms with van der Waals surface area (Å²) in [5.41, 5.74) is 0.864. The number of rotatable bonds is 19. The van der Waals surface area contributed by atoms with E-state index in [1.165, 1.54) is 90.1 Å². The predicted molar refractivity (Wildman–Crippen MR) is 126 cm³/mol. The molecule has 0 spiro atoms. The van der Waals surface area contributed by atoms with Gasteiger partial charge in [0, 0.05) is 0 Å². The van der Waals surface area contributed by atoms with Gasteiger partial charge in [-0.25, -0.2) is 0 Å². The molecule has 0 saturated carbocycles. The Balaban J connectivity index is 2.28. The van der Waals surface area contributed by atoms with Gasteiger partial charge in [0.1, 0.15) is 0 Å². The lowest BCUT2D eigenvalue weighted by Gasteiger charge is -2.22. The monoisotopic (exact) mass is 405 g/mol. The van der Waals surface area contributed by atoms with Gasteiger partial charge in [-0.15, -0.1) is 0 Å². The van der Waals surface area contributed by atoms with Crippen LogP contribution >= 0.6 is 0 Å². The molecule has 0 aromatic heterocycles. The van der Waals surface area contributed by atoms with Crippen LogP contribution in [0.25, 0.3) is 0 Å². The first-order valence-electron chi connectivity index (χ1n) is 12.4. The summed E-state index contributed by atoms with van der Waals surface area (Å²) in [6.07, 6.45) is 19.4. The number of para-hydroxylation sites is 1. The average Bonchev–Trinajstić information content (AvgIpc) is 2.72. The summed E-state index contributed by atoms with van der Waals surface area (Å²) in [7, 11) is 0. The van der Waals surface area contributed by atoms with Crippen LogP contribution in [0.3, 0.4) is 0 Å². The van der Waals surface area contributed by atoms with E-state index in [2.05, 4.69) is 18.7 Å². The van der Waals surface area contributed by atoms with E-state index in [0.717, 1.165) is 31.4 Å². The van der Waals surface area contributed by atoms with Crippen LogP contribution in [-0.2, 0) is 6.42 Å². The molecule has 168 valence electrons. The first-order chi connectivity index (χ1) is 14.2. The van der Waals surface area contributed by atoms with Gasteiger partial charge in [-0.2, -0.15) is 0 Å². The lowest BCUT2D eigenvalue weighted by Crippen LogP contribution is -2.27. The average molecular weight is 406 g/mol. The Morgan fingerprint density at radius 2 is 1.10 bits per heavy atom. The van der Waals surface area contributed by atoms with E-state index in [9.17, 15) is 10.2 Å². The summed E-state index contributed by atoms with van der Waals surface area (Å²) in [6, 6.07) is 5.27. The molecular weight excluding hydrogens is 358 g/mol. The molecule has 1 rings (SSSR count). The molecule has 1 aromatic carbocycles. The Morgan fingerprint density at radius 3 is 1.66 bits per heavy atom. The molecule has 0 fully saturated rings. The van der Waals surface area contributed by atoms with Crippen molar-refractivity contribution >= 4 is 0 Å². The molecule has 0 atom stereocenters. The highest BCUT2D eigenvalue weighted by atomic mass is 16.3. The maximum absolute atomic E-state index is 9.96. The fourth-order valence-corrected chi connectivity index (χ4v) is 4.00. The van der Waals surface area contributed by atoms with Crippen molar-refractivity contribution in [3.8, 4) is 11.5 Å². The molecule has 0 unspecified atom stereocenters. The van der Waals surface area contributed by atoms with Crippen molar-refractivity contribution in [2.75, 3.05) is 19.6 Å². The molecule has 0 bridgehead atoms. The van der Waals surface area contributed by atoms with Crippen LogP contribution in [0.15, 0.2) is 18.2 Å². The summed E-state index contributed by atoms with van der Waals surface area (Å²) in [6.45, 7) is 8.18. The number of hydrogen-bond acceptors (Lipinski definition) is 3. The molecule has 0 radical (unpaired) electrons. The van der Waals surface area contributed by atoms with E-state index in [1.807, 2.05) is 12.1 Å². The fourth-order valence-electron chi connectivity index (χ4n) is 4.00. The molecule has 1 aromatic rings. The minimum atomic E-state index is -0.00438. The van der Waals surface area contributed by atoms with Crippen LogP contribution in [0, 0.1) is 0 Å². The minimum Gasteiger partial charge on any atom is -0.504 e. The summed E-state index contributed by atoms with van der Waals surface area (Å²) >= 11 is 0. The van der Waals surface area contributed by atoms with E-state index < -0.39 is 0 Å². The van der Waals surface area contributed by atoms with Crippen molar-refractivity contribution in [2.24, 2.45) is 0 Å². The van der Waals surface area contributed by atoms with Crippen LogP contribution in [0.5, 0.6) is 11.5 Å². The van der Waals surface area contributed by atoms with E-state index in [-0.39, 0.29) is 11.5 Å². The van der Waals surface area contributed by atoms with Gasteiger partial charge >= 0.3 is 0 Å². The van der Waals surface area contributed by atoms with Crippen molar-refractivity contribution in [3.05, 3.63) is 23.8 Å². The normalized spacial score (nSPS) is 11.4. The predicted octanol–water partition coefficient (Wildman–Crippen LogP) is 7.44. The zero-order chi connectivity index (χ0) is 21.2. The van der Waals surface area contributed by atoms with Gasteiger partial charge in [0.25, 0.3) is 0 Å². The standard InChI is InChI=1S/C26H47NO2/c1-3-5-7-9-11-14-21-27(22-15-12-10-8-6-4-2)23-16-13-18-24-19-17-20-25(28)26(24)29/h17,19-20,28-29H,3-16,18,21-23H2,1-2H3. The Labute approximate surface area is 180 Å². The second-order valence-electron chi connectivity index (χ2n) is 8.62. The van der Waals surface area contributed by atoms with Crippen molar-refractivity contribution < 1.29 is 10.2 Å². The smallest absolute Gasteiger partial charge is 0.160 e. The van der Waals surface area contributed by atoms with E-state index in [1.54, 1.807) is 6.07 Å². The second kappa shape index (κ2) is 17.6. The van der Waals surface area contributed by atoms with Gasteiger partial charge in [0.2, 0.25) is 0 Å². The zero-order valence-corrected chi connectivity index (χ0v) is 19.3. The molecule has 0 aliphatic rings. The van der Waals surface area contributed by atoms with Crippen LogP contribution in [0.4, 0.5) is 0 Å². The first-order valence-corrected chi connectivity index (χ1v) is 12.4. The van der Waals surface area contributed by atoms with Crippen LogP contribution < -0.4 is 0 Å². The van der Waals surface area contributed by atoms with Gasteiger partial charge in [-0.3, -0.25) is 0 Å². The maximum atomic E-state index is 9.96. The number of aryl methyl sites for hydroxylation is 1. The highest BCUT2D eigenvalue weighted by Gasteiger charge is 2.08. The number of phenolic OH excluding ortho intramolecular Hbond substituents is 2. The van der Waals surface area contributed by atoms with E-state index in [0.29, 0.717) is 0 Å². The van der Waals surface area contributed by atoms with Crippen molar-refractivity contribution in [2.45, 2.75) is 110 Å². The highest BCUT2D eigenvalue weighted by molar-refractivity contribution is 5.44. The van der Waals surface area contributed by atoms with Crippen LogP contribution in [0.1, 0.15) is 109 Å². The molecule has 0 saturated heterocycles. The molecule has 3 heteroatoms. The Kier molecular flexibility index (Phi) is 15.7. The molecule has 0 amide bonds. The number of aromatic hydroxyl groups is 2. The van der Waals surface area contributed by atoms with Gasteiger partial charge in [-0.05, 0) is 63.4 Å². The van der Waals surface area contributed by atoms with E-state index in [4.69, 9.17) is 0 Å². The third-order valence-corrected chi connectivity index (χ3v) is 5.92. The molecule has 3 nitrogen and oxygen atoms in total. The van der Waals surface area contributed by atoms with Gasteiger partial charge in [-0.1, -0.05) is 90.2 Å². The quantitative estimate of drug-likeness (QED) is 0.186. The largest absolute Gasteiger partial charge is 0.504 e. The summed E-state index contributed by atoms with van der Waals surface area (Å²) in [4.78, 5) is 2.67. The molecule has 0 aliphatic carbocycles.